The van der Waals surface area contributed by atoms with Crippen LogP contribution in [-0.4, -0.2) is 49.3 Å². The lowest BCUT2D eigenvalue weighted by atomic mass is 9.91. The third-order valence-electron chi connectivity index (χ3n) is 4.60. The molecule has 0 aromatic rings. The summed E-state index contributed by atoms with van der Waals surface area (Å²) in [5, 5.41) is 3.58. The van der Waals surface area contributed by atoms with Crippen LogP contribution in [0.5, 0.6) is 0 Å². The predicted molar refractivity (Wildman–Crippen MR) is 69.2 cm³/mol. The smallest absolute Gasteiger partial charge is 0.0707 e. The van der Waals surface area contributed by atoms with E-state index >= 15 is 0 Å². The Labute approximate surface area is 105 Å². The van der Waals surface area contributed by atoms with Gasteiger partial charge in [-0.1, -0.05) is 6.42 Å². The molecule has 2 aliphatic carbocycles. The minimum absolute atomic E-state index is 0.482. The molecule has 0 aromatic heterocycles. The molecule has 17 heavy (non-hydrogen) atoms. The molecule has 3 aliphatic rings. The summed E-state index contributed by atoms with van der Waals surface area (Å²) in [7, 11) is 2.27. The highest BCUT2D eigenvalue weighted by molar-refractivity contribution is 4.86. The Morgan fingerprint density at radius 2 is 1.82 bits per heavy atom. The molecule has 98 valence electrons. The summed E-state index contributed by atoms with van der Waals surface area (Å²) < 4.78 is 6.12. The van der Waals surface area contributed by atoms with Crippen LogP contribution < -0.4 is 5.32 Å². The number of likely N-dealkylation sites (N-methyl/N-ethyl adjacent to an activating group) is 1. The third-order valence-corrected chi connectivity index (χ3v) is 4.60. The highest BCUT2D eigenvalue weighted by atomic mass is 16.5. The number of nitrogens with one attached hydrogen (secondary N) is 1. The Hall–Kier alpha value is -0.120. The molecule has 3 nitrogen and oxygen atoms in total. The van der Waals surface area contributed by atoms with Gasteiger partial charge in [0, 0.05) is 25.2 Å². The van der Waals surface area contributed by atoms with Gasteiger partial charge in [-0.15, -0.1) is 0 Å². The molecular formula is C14H26N2O. The molecule has 0 spiro atoms. The Morgan fingerprint density at radius 3 is 2.47 bits per heavy atom. The van der Waals surface area contributed by atoms with Crippen molar-refractivity contribution in [3.8, 4) is 0 Å². The lowest BCUT2D eigenvalue weighted by Gasteiger charge is -2.36. The van der Waals surface area contributed by atoms with Gasteiger partial charge in [0.05, 0.1) is 12.2 Å². The van der Waals surface area contributed by atoms with Gasteiger partial charge in [-0.25, -0.2) is 0 Å². The molecule has 0 amide bonds. The standard InChI is InChI=1S/C14H26N2O/c1-16(12-3-2-4-12)10-14-8-7-13(17-14)9-15-11-5-6-11/h11-15H,2-10H2,1H3. The fraction of sp³-hybridized carbons (Fsp3) is 1.00. The number of nitrogens with zero attached hydrogens (tertiary/aromatic N) is 1. The van der Waals surface area contributed by atoms with Crippen LogP contribution in [0.3, 0.4) is 0 Å². The summed E-state index contributed by atoms with van der Waals surface area (Å²) >= 11 is 0. The Bertz CT molecular complexity index is 251. The second-order valence-corrected chi connectivity index (χ2v) is 6.16. The highest BCUT2D eigenvalue weighted by Crippen LogP contribution is 2.27. The van der Waals surface area contributed by atoms with Gasteiger partial charge >= 0.3 is 0 Å². The molecule has 3 heteroatoms. The van der Waals surface area contributed by atoms with E-state index in [1.54, 1.807) is 0 Å². The van der Waals surface area contributed by atoms with Crippen molar-refractivity contribution < 1.29 is 4.74 Å². The van der Waals surface area contributed by atoms with Gasteiger partial charge in [0.1, 0.15) is 0 Å². The van der Waals surface area contributed by atoms with Crippen LogP contribution in [0.4, 0.5) is 0 Å². The average Bonchev–Trinajstić information content (AvgIpc) is 2.95. The molecule has 0 radical (unpaired) electrons. The van der Waals surface area contributed by atoms with Gasteiger partial charge in [-0.2, -0.15) is 0 Å². The minimum Gasteiger partial charge on any atom is -0.372 e. The largest absolute Gasteiger partial charge is 0.372 e. The van der Waals surface area contributed by atoms with E-state index in [9.17, 15) is 0 Å². The summed E-state index contributed by atoms with van der Waals surface area (Å²) in [5.41, 5.74) is 0. The zero-order valence-corrected chi connectivity index (χ0v) is 11.0. The summed E-state index contributed by atoms with van der Waals surface area (Å²) in [6, 6.07) is 1.66. The first-order valence-electron chi connectivity index (χ1n) is 7.40. The van der Waals surface area contributed by atoms with E-state index in [0.29, 0.717) is 12.2 Å². The van der Waals surface area contributed by atoms with Crippen molar-refractivity contribution in [2.24, 2.45) is 0 Å². The molecule has 1 heterocycles. The molecule has 3 fully saturated rings. The summed E-state index contributed by atoms with van der Waals surface area (Å²) in [5.74, 6) is 0. The van der Waals surface area contributed by atoms with Gasteiger partial charge < -0.3 is 15.0 Å². The molecule has 0 aromatic carbocycles. The van der Waals surface area contributed by atoms with Crippen molar-refractivity contribution in [2.45, 2.75) is 69.2 Å². The number of rotatable bonds is 6. The second kappa shape index (κ2) is 5.25. The van der Waals surface area contributed by atoms with Crippen molar-refractivity contribution in [1.82, 2.24) is 10.2 Å². The van der Waals surface area contributed by atoms with Gasteiger partial charge in [0.15, 0.2) is 0 Å². The van der Waals surface area contributed by atoms with E-state index in [1.165, 1.54) is 44.9 Å². The molecule has 1 aliphatic heterocycles. The SMILES string of the molecule is CN(CC1CCC(CNC2CC2)O1)C1CCC1. The van der Waals surface area contributed by atoms with E-state index in [-0.39, 0.29) is 0 Å². The van der Waals surface area contributed by atoms with Crippen molar-refractivity contribution in [2.75, 3.05) is 20.1 Å². The van der Waals surface area contributed by atoms with Crippen LogP contribution >= 0.6 is 0 Å². The highest BCUT2D eigenvalue weighted by Gasteiger charge is 2.30. The zero-order chi connectivity index (χ0) is 11.7. The quantitative estimate of drug-likeness (QED) is 0.763. The van der Waals surface area contributed by atoms with Crippen LogP contribution in [0, 0.1) is 0 Å². The van der Waals surface area contributed by atoms with E-state index in [0.717, 1.165) is 25.2 Å². The maximum Gasteiger partial charge on any atom is 0.0707 e. The molecule has 0 bridgehead atoms. The van der Waals surface area contributed by atoms with Crippen LogP contribution in [0.25, 0.3) is 0 Å². The summed E-state index contributed by atoms with van der Waals surface area (Å²) in [6.45, 7) is 2.22. The average molecular weight is 238 g/mol. The van der Waals surface area contributed by atoms with Gasteiger partial charge in [-0.3, -0.25) is 0 Å². The first-order valence-corrected chi connectivity index (χ1v) is 7.40. The number of hydrogen-bond acceptors (Lipinski definition) is 3. The van der Waals surface area contributed by atoms with E-state index < -0.39 is 0 Å². The number of ether oxygens (including phenoxy) is 1. The number of hydrogen-bond donors (Lipinski definition) is 1. The molecule has 1 saturated heterocycles. The zero-order valence-electron chi connectivity index (χ0n) is 11.0. The molecule has 3 rings (SSSR count). The monoisotopic (exact) mass is 238 g/mol. The maximum atomic E-state index is 6.12. The topological polar surface area (TPSA) is 24.5 Å². The molecule has 2 atom stereocenters. The lowest BCUT2D eigenvalue weighted by molar-refractivity contribution is 0.0124. The molecule has 2 unspecified atom stereocenters. The maximum absolute atomic E-state index is 6.12. The fourth-order valence-corrected chi connectivity index (χ4v) is 2.95. The predicted octanol–water partition coefficient (Wildman–Crippen LogP) is 1.77. The van der Waals surface area contributed by atoms with Gasteiger partial charge in [0.2, 0.25) is 0 Å². The van der Waals surface area contributed by atoms with Crippen LogP contribution in [-0.2, 0) is 4.74 Å². The lowest BCUT2D eigenvalue weighted by Crippen LogP contribution is -2.41. The van der Waals surface area contributed by atoms with Crippen molar-refractivity contribution >= 4 is 0 Å². The molecule has 2 saturated carbocycles. The van der Waals surface area contributed by atoms with E-state index in [1.807, 2.05) is 0 Å². The van der Waals surface area contributed by atoms with Crippen LogP contribution in [0.1, 0.15) is 44.9 Å². The Morgan fingerprint density at radius 1 is 1.06 bits per heavy atom. The third kappa shape index (κ3) is 3.21. The van der Waals surface area contributed by atoms with Crippen LogP contribution in [0.2, 0.25) is 0 Å². The molecule has 1 N–H and O–H groups in total. The van der Waals surface area contributed by atoms with Crippen LogP contribution in [0.15, 0.2) is 0 Å². The van der Waals surface area contributed by atoms with Gasteiger partial charge in [-0.05, 0) is 45.6 Å². The summed E-state index contributed by atoms with van der Waals surface area (Å²) in [4.78, 5) is 2.52. The first kappa shape index (κ1) is 11.9. The fourth-order valence-electron chi connectivity index (χ4n) is 2.95. The summed E-state index contributed by atoms with van der Waals surface area (Å²) in [6.07, 6.45) is 10.5. The van der Waals surface area contributed by atoms with Crippen molar-refractivity contribution in [3.63, 3.8) is 0 Å². The van der Waals surface area contributed by atoms with E-state index in [2.05, 4.69) is 17.3 Å². The Balaban J connectivity index is 1.34. The van der Waals surface area contributed by atoms with Crippen molar-refractivity contribution in [3.05, 3.63) is 0 Å². The minimum atomic E-state index is 0.482. The van der Waals surface area contributed by atoms with Crippen molar-refractivity contribution in [1.29, 1.82) is 0 Å². The second-order valence-electron chi connectivity index (χ2n) is 6.16. The molecular weight excluding hydrogens is 212 g/mol. The van der Waals surface area contributed by atoms with Gasteiger partial charge in [0.25, 0.3) is 0 Å². The Kier molecular flexibility index (Phi) is 3.69. The first-order chi connectivity index (χ1) is 8.31. The van der Waals surface area contributed by atoms with E-state index in [4.69, 9.17) is 4.74 Å². The normalized spacial score (nSPS) is 34.2.